The highest BCUT2D eigenvalue weighted by Gasteiger charge is 2.22. The second-order valence-corrected chi connectivity index (χ2v) is 21.2. The predicted molar refractivity (Wildman–Crippen MR) is 305 cm³/mol. The molecule has 0 aliphatic carbocycles. The van der Waals surface area contributed by atoms with Gasteiger partial charge in [0.2, 0.25) is 5.91 Å². The van der Waals surface area contributed by atoms with E-state index in [2.05, 4.69) is 55.6 Å². The van der Waals surface area contributed by atoms with Crippen molar-refractivity contribution in [1.29, 1.82) is 0 Å². The van der Waals surface area contributed by atoms with Gasteiger partial charge in [-0.2, -0.15) is 0 Å². The molecule has 406 valence electrons. The largest absolute Gasteiger partial charge is 0.394 e. The van der Waals surface area contributed by atoms with Gasteiger partial charge in [-0.25, -0.2) is 0 Å². The monoisotopic (exact) mass is 968 g/mol. The minimum absolute atomic E-state index is 0.380. The lowest BCUT2D eigenvalue weighted by Crippen LogP contribution is -2.48. The number of hydrogen-bond donors (Lipinski definition) is 4. The topological polar surface area (TPSA) is 89.8 Å². The minimum Gasteiger partial charge on any atom is -0.394 e. The van der Waals surface area contributed by atoms with E-state index in [-0.39, 0.29) is 6.61 Å². The lowest BCUT2D eigenvalue weighted by atomic mass is 10.0. The zero-order chi connectivity index (χ0) is 50.0. The smallest absolute Gasteiger partial charge is 0.249 e. The Morgan fingerprint density at radius 2 is 0.594 bits per heavy atom. The van der Waals surface area contributed by atoms with Crippen molar-refractivity contribution in [3.63, 3.8) is 0 Å². The molecule has 0 saturated carbocycles. The highest BCUT2D eigenvalue weighted by molar-refractivity contribution is 5.80. The molecule has 0 heterocycles. The number of rotatable bonds is 57. The maximum atomic E-state index is 12.6. The molecule has 69 heavy (non-hydrogen) atoms. The van der Waals surface area contributed by atoms with E-state index in [4.69, 9.17) is 0 Å². The van der Waals surface area contributed by atoms with Gasteiger partial charge in [-0.05, 0) is 70.6 Å². The van der Waals surface area contributed by atoms with E-state index >= 15 is 0 Å². The number of hydrogen-bond acceptors (Lipinski definition) is 4. The maximum Gasteiger partial charge on any atom is 0.249 e. The Kier molecular flexibility index (Phi) is 57.4. The molecule has 4 N–H and O–H groups in total. The van der Waals surface area contributed by atoms with E-state index in [1.165, 1.54) is 263 Å². The molecular weight excluding hydrogens is 847 g/mol. The van der Waals surface area contributed by atoms with E-state index in [1.807, 2.05) is 6.08 Å². The van der Waals surface area contributed by atoms with Gasteiger partial charge >= 0.3 is 0 Å². The molecule has 0 saturated heterocycles. The molecule has 0 aromatic rings. The summed E-state index contributed by atoms with van der Waals surface area (Å²) in [6, 6.07) is -0.822. The van der Waals surface area contributed by atoms with Crippen molar-refractivity contribution < 1.29 is 20.1 Å². The number of unbranched alkanes of at least 4 members (excludes halogenated alkanes) is 43. The highest BCUT2D eigenvalue weighted by atomic mass is 16.3. The maximum absolute atomic E-state index is 12.6. The highest BCUT2D eigenvalue weighted by Crippen LogP contribution is 2.17. The molecule has 0 rings (SSSR count). The van der Waals surface area contributed by atoms with Crippen LogP contribution in [0.5, 0.6) is 0 Å². The van der Waals surface area contributed by atoms with Gasteiger partial charge in [0.25, 0.3) is 0 Å². The normalized spacial score (nSPS) is 13.5. The van der Waals surface area contributed by atoms with Crippen LogP contribution in [-0.2, 0) is 4.79 Å². The summed E-state index contributed by atoms with van der Waals surface area (Å²) in [5.41, 5.74) is 0. The van der Waals surface area contributed by atoms with Crippen molar-refractivity contribution in [2.75, 3.05) is 6.61 Å². The van der Waals surface area contributed by atoms with Gasteiger partial charge in [-0.1, -0.05) is 306 Å². The Balaban J connectivity index is 3.53. The van der Waals surface area contributed by atoms with Crippen LogP contribution in [-0.4, -0.2) is 46.1 Å². The first-order chi connectivity index (χ1) is 34.1. The molecule has 5 heteroatoms. The summed E-state index contributed by atoms with van der Waals surface area (Å²) in [6.07, 6.45) is 79.4. The number of amides is 1. The summed E-state index contributed by atoms with van der Waals surface area (Å²) in [6.45, 7) is 4.20. The fraction of sp³-hybridized carbons (Fsp3) is 0.859. The van der Waals surface area contributed by atoms with Crippen LogP contribution in [0, 0.1) is 0 Å². The number of allylic oxidation sites excluding steroid dienone is 7. The van der Waals surface area contributed by atoms with Crippen LogP contribution in [0.15, 0.2) is 48.6 Å². The average Bonchev–Trinajstić information content (AvgIpc) is 3.35. The van der Waals surface area contributed by atoms with Gasteiger partial charge < -0.3 is 20.6 Å². The molecule has 1 amide bonds. The predicted octanol–water partition coefficient (Wildman–Crippen LogP) is 19.6. The molecular formula is C64H121NO4. The van der Waals surface area contributed by atoms with Crippen LogP contribution in [0.1, 0.15) is 328 Å². The Morgan fingerprint density at radius 3 is 0.884 bits per heavy atom. The summed E-state index contributed by atoms with van der Waals surface area (Å²) in [5.74, 6) is -0.513. The summed E-state index contributed by atoms with van der Waals surface area (Å²) in [5, 5.41) is 33.4. The third kappa shape index (κ3) is 53.9. The number of carbonyl (C=O) groups excluding carboxylic acids is 1. The molecule has 0 aliphatic heterocycles. The molecule has 3 atom stereocenters. The van der Waals surface area contributed by atoms with Crippen LogP contribution < -0.4 is 5.32 Å². The fourth-order valence-electron chi connectivity index (χ4n) is 9.57. The lowest BCUT2D eigenvalue weighted by Gasteiger charge is -2.21. The van der Waals surface area contributed by atoms with Crippen molar-refractivity contribution in [2.24, 2.45) is 0 Å². The van der Waals surface area contributed by atoms with Crippen LogP contribution in [0.2, 0.25) is 0 Å². The standard InChI is InChI=1S/C64H121NO4/c1-3-5-7-9-11-13-15-17-19-21-23-24-25-26-27-28-29-30-31-32-33-34-35-36-37-38-39-41-43-45-47-49-51-53-55-57-59-63(68)64(69)65-61(60-66)62(67)58-56-54-52-50-48-46-44-42-40-22-20-18-16-14-12-10-8-6-4-2/h30-31,40,42,48,50,56,58,61-63,66-68H,3-29,32-39,41,43-47,49,51-55,57,59-60H2,1-2H3,(H,65,69)/b31-30-,42-40+,50-48+,58-56+. The lowest BCUT2D eigenvalue weighted by molar-refractivity contribution is -0.131. The van der Waals surface area contributed by atoms with Crippen LogP contribution in [0.4, 0.5) is 0 Å². The van der Waals surface area contributed by atoms with Gasteiger partial charge in [0.1, 0.15) is 6.10 Å². The van der Waals surface area contributed by atoms with Gasteiger partial charge in [-0.15, -0.1) is 0 Å². The number of aliphatic hydroxyl groups excluding tert-OH is 3. The first-order valence-electron chi connectivity index (χ1n) is 31.0. The SMILES string of the molecule is CCCCCCCCCCC/C=C/CC/C=C/CC/C=C/C(O)C(CO)NC(=O)C(O)CCCCCCCCCCCCCCCCCC/C=C\CCCCCCCCCCCCCCCCCC. The van der Waals surface area contributed by atoms with Crippen molar-refractivity contribution in [2.45, 2.75) is 347 Å². The van der Waals surface area contributed by atoms with Crippen LogP contribution in [0.3, 0.4) is 0 Å². The van der Waals surface area contributed by atoms with Crippen molar-refractivity contribution in [3.8, 4) is 0 Å². The number of nitrogens with one attached hydrogen (secondary N) is 1. The quantitative estimate of drug-likeness (QED) is 0.0361. The zero-order valence-electron chi connectivity index (χ0n) is 46.5. The summed E-state index contributed by atoms with van der Waals surface area (Å²) < 4.78 is 0. The first-order valence-corrected chi connectivity index (χ1v) is 31.0. The van der Waals surface area contributed by atoms with E-state index in [9.17, 15) is 20.1 Å². The molecule has 0 radical (unpaired) electrons. The molecule has 0 spiro atoms. The van der Waals surface area contributed by atoms with E-state index in [0.717, 1.165) is 44.9 Å². The third-order valence-electron chi connectivity index (χ3n) is 14.4. The molecule has 3 unspecified atom stereocenters. The van der Waals surface area contributed by atoms with E-state index in [0.29, 0.717) is 6.42 Å². The molecule has 0 fully saturated rings. The van der Waals surface area contributed by atoms with Gasteiger partial charge in [0.15, 0.2) is 0 Å². The molecule has 0 aliphatic rings. The second kappa shape index (κ2) is 58.9. The van der Waals surface area contributed by atoms with Gasteiger partial charge in [0.05, 0.1) is 18.8 Å². The summed E-state index contributed by atoms with van der Waals surface area (Å²) in [7, 11) is 0. The van der Waals surface area contributed by atoms with Crippen LogP contribution >= 0.6 is 0 Å². The van der Waals surface area contributed by atoms with Crippen molar-refractivity contribution in [3.05, 3.63) is 48.6 Å². The van der Waals surface area contributed by atoms with Crippen LogP contribution in [0.25, 0.3) is 0 Å². The third-order valence-corrected chi connectivity index (χ3v) is 14.4. The van der Waals surface area contributed by atoms with Gasteiger partial charge in [-0.3, -0.25) is 4.79 Å². The molecule has 0 aromatic carbocycles. The number of aliphatic hydroxyl groups is 3. The van der Waals surface area contributed by atoms with Gasteiger partial charge in [0, 0.05) is 0 Å². The Bertz CT molecular complexity index is 1110. The first kappa shape index (κ1) is 67.3. The Morgan fingerprint density at radius 1 is 0.348 bits per heavy atom. The number of carbonyl (C=O) groups is 1. The Hall–Kier alpha value is -1.69. The summed E-state index contributed by atoms with van der Waals surface area (Å²) >= 11 is 0. The minimum atomic E-state index is -1.11. The van der Waals surface area contributed by atoms with Crippen molar-refractivity contribution in [1.82, 2.24) is 5.32 Å². The van der Waals surface area contributed by atoms with E-state index in [1.54, 1.807) is 6.08 Å². The average molecular weight is 969 g/mol. The molecule has 0 aromatic heterocycles. The zero-order valence-corrected chi connectivity index (χ0v) is 46.5. The van der Waals surface area contributed by atoms with Crippen molar-refractivity contribution >= 4 is 5.91 Å². The Labute approximate surface area is 431 Å². The van der Waals surface area contributed by atoms with E-state index < -0.39 is 24.2 Å². The summed E-state index contributed by atoms with van der Waals surface area (Å²) in [4.78, 5) is 12.6. The molecule has 5 nitrogen and oxygen atoms in total. The fourth-order valence-corrected chi connectivity index (χ4v) is 9.57. The molecule has 0 bridgehead atoms. The second-order valence-electron chi connectivity index (χ2n) is 21.2.